The molecule has 1 unspecified atom stereocenters. The number of halogens is 1. The number of benzene rings is 1. The summed E-state index contributed by atoms with van der Waals surface area (Å²) in [4.78, 5) is 10.1. The Morgan fingerprint density at radius 2 is 2.05 bits per heavy atom. The number of aromatic nitrogens is 3. The Bertz CT molecular complexity index is 736. The molecule has 0 aliphatic heterocycles. The molecule has 0 bridgehead atoms. The number of H-pyrrole nitrogens is 1. The lowest BCUT2D eigenvalue weighted by atomic mass is 9.89. The summed E-state index contributed by atoms with van der Waals surface area (Å²) in [5, 5.41) is 19.0. The lowest BCUT2D eigenvalue weighted by Gasteiger charge is -2.23. The van der Waals surface area contributed by atoms with E-state index in [1.165, 1.54) is 0 Å². The van der Waals surface area contributed by atoms with Crippen molar-refractivity contribution < 1.29 is 9.90 Å². The fourth-order valence-corrected chi connectivity index (χ4v) is 2.58. The standard InChI is InChI=1S/C15H12ClN3O2/c16-15(13-12(14(20)21)17-19-18-13)8-6-11(7-9-15)10-4-2-1-3-5-10/h1-8H,9H2,(H,20,21)(H,17,18,19). The minimum Gasteiger partial charge on any atom is -0.476 e. The van der Waals surface area contributed by atoms with Crippen molar-refractivity contribution in [2.24, 2.45) is 0 Å². The number of carboxylic acids is 1. The van der Waals surface area contributed by atoms with Gasteiger partial charge in [0.2, 0.25) is 0 Å². The van der Waals surface area contributed by atoms with Crippen molar-refractivity contribution in [2.75, 3.05) is 0 Å². The maximum Gasteiger partial charge on any atom is 0.358 e. The summed E-state index contributed by atoms with van der Waals surface area (Å²) in [7, 11) is 0. The second kappa shape index (κ2) is 5.18. The third kappa shape index (κ3) is 2.48. The number of carboxylic acid groups (broad SMARTS) is 1. The molecule has 1 aliphatic carbocycles. The first kappa shape index (κ1) is 13.6. The van der Waals surface area contributed by atoms with Crippen molar-refractivity contribution in [3.63, 3.8) is 0 Å². The van der Waals surface area contributed by atoms with Crippen LogP contribution >= 0.6 is 11.6 Å². The predicted molar refractivity (Wildman–Crippen MR) is 79.0 cm³/mol. The lowest BCUT2D eigenvalue weighted by Crippen LogP contribution is -2.21. The van der Waals surface area contributed by atoms with Crippen LogP contribution in [0.4, 0.5) is 0 Å². The third-order valence-electron chi connectivity index (χ3n) is 3.40. The summed E-state index contributed by atoms with van der Waals surface area (Å²) >= 11 is 6.53. The van der Waals surface area contributed by atoms with Crippen molar-refractivity contribution >= 4 is 23.1 Å². The Kier molecular flexibility index (Phi) is 3.35. The monoisotopic (exact) mass is 301 g/mol. The molecule has 1 aromatic carbocycles. The highest BCUT2D eigenvalue weighted by Gasteiger charge is 2.35. The molecule has 2 N–H and O–H groups in total. The van der Waals surface area contributed by atoms with Gasteiger partial charge in [-0.1, -0.05) is 48.6 Å². The molecule has 106 valence electrons. The van der Waals surface area contributed by atoms with Crippen molar-refractivity contribution in [1.29, 1.82) is 0 Å². The molecule has 0 amide bonds. The summed E-state index contributed by atoms with van der Waals surface area (Å²) in [6, 6.07) is 9.91. The van der Waals surface area contributed by atoms with Crippen LogP contribution in [-0.2, 0) is 4.87 Å². The number of hydrogen-bond donors (Lipinski definition) is 2. The van der Waals surface area contributed by atoms with Gasteiger partial charge in [0, 0.05) is 0 Å². The van der Waals surface area contributed by atoms with Crippen LogP contribution in [0.3, 0.4) is 0 Å². The molecule has 0 spiro atoms. The van der Waals surface area contributed by atoms with E-state index in [4.69, 9.17) is 16.7 Å². The van der Waals surface area contributed by atoms with E-state index < -0.39 is 10.8 Å². The number of hydrogen-bond acceptors (Lipinski definition) is 3. The van der Waals surface area contributed by atoms with Crippen LogP contribution in [0.15, 0.2) is 48.6 Å². The Balaban J connectivity index is 1.91. The van der Waals surface area contributed by atoms with Gasteiger partial charge in [-0.25, -0.2) is 4.79 Å². The van der Waals surface area contributed by atoms with Crippen molar-refractivity contribution in [1.82, 2.24) is 15.4 Å². The normalized spacial score (nSPS) is 21.1. The summed E-state index contributed by atoms with van der Waals surface area (Å²) in [5.41, 5.74) is 2.22. The molecule has 2 aromatic rings. The average molecular weight is 302 g/mol. The molecule has 0 fully saturated rings. The van der Waals surface area contributed by atoms with E-state index in [1.807, 2.05) is 42.5 Å². The minimum absolute atomic E-state index is 0.147. The molecule has 21 heavy (non-hydrogen) atoms. The van der Waals surface area contributed by atoms with E-state index in [1.54, 1.807) is 6.08 Å². The molecule has 3 rings (SSSR count). The van der Waals surface area contributed by atoms with Crippen LogP contribution in [0.2, 0.25) is 0 Å². The maximum absolute atomic E-state index is 11.1. The van der Waals surface area contributed by atoms with Gasteiger partial charge >= 0.3 is 5.97 Å². The van der Waals surface area contributed by atoms with E-state index in [2.05, 4.69) is 15.4 Å². The third-order valence-corrected chi connectivity index (χ3v) is 3.86. The zero-order chi connectivity index (χ0) is 14.9. The number of aromatic carboxylic acids is 1. The van der Waals surface area contributed by atoms with Crippen LogP contribution in [-0.4, -0.2) is 26.5 Å². The molecule has 1 atom stereocenters. The van der Waals surface area contributed by atoms with Gasteiger partial charge in [-0.2, -0.15) is 10.3 Å². The van der Waals surface area contributed by atoms with Gasteiger partial charge in [-0.15, -0.1) is 16.7 Å². The number of rotatable bonds is 3. The highest BCUT2D eigenvalue weighted by molar-refractivity contribution is 6.26. The van der Waals surface area contributed by atoms with Gasteiger partial charge in [-0.3, -0.25) is 0 Å². The molecule has 0 radical (unpaired) electrons. The zero-order valence-corrected chi connectivity index (χ0v) is 11.7. The van der Waals surface area contributed by atoms with E-state index in [9.17, 15) is 4.79 Å². The summed E-state index contributed by atoms with van der Waals surface area (Å²) in [6.45, 7) is 0. The van der Waals surface area contributed by atoms with Gasteiger partial charge in [0.15, 0.2) is 5.69 Å². The van der Waals surface area contributed by atoms with Crippen molar-refractivity contribution in [2.45, 2.75) is 11.3 Å². The molecule has 0 saturated heterocycles. The second-order valence-electron chi connectivity index (χ2n) is 4.75. The maximum atomic E-state index is 11.1. The second-order valence-corrected chi connectivity index (χ2v) is 5.43. The van der Waals surface area contributed by atoms with Gasteiger partial charge in [0.05, 0.1) is 0 Å². The summed E-state index contributed by atoms with van der Waals surface area (Å²) in [5.74, 6) is -1.15. The lowest BCUT2D eigenvalue weighted by molar-refractivity contribution is 0.0688. The topological polar surface area (TPSA) is 78.9 Å². The molecule has 6 heteroatoms. The Hall–Kier alpha value is -2.40. The van der Waals surface area contributed by atoms with Crippen molar-refractivity contribution in [3.8, 4) is 0 Å². The number of aromatic amines is 1. The Morgan fingerprint density at radius 3 is 2.67 bits per heavy atom. The first-order chi connectivity index (χ1) is 10.1. The van der Waals surface area contributed by atoms with Crippen LogP contribution < -0.4 is 0 Å². The molecule has 1 aromatic heterocycles. The first-order valence-electron chi connectivity index (χ1n) is 6.38. The molecule has 1 heterocycles. The zero-order valence-electron chi connectivity index (χ0n) is 11.0. The smallest absolute Gasteiger partial charge is 0.358 e. The Labute approximate surface area is 126 Å². The summed E-state index contributed by atoms with van der Waals surface area (Å²) < 4.78 is 0. The van der Waals surface area contributed by atoms with Gasteiger partial charge < -0.3 is 5.11 Å². The first-order valence-corrected chi connectivity index (χ1v) is 6.76. The average Bonchev–Trinajstić information content (AvgIpc) is 2.99. The number of alkyl halides is 1. The number of allylic oxidation sites excluding steroid dienone is 4. The molecular weight excluding hydrogens is 290 g/mol. The fourth-order valence-electron chi connectivity index (χ4n) is 2.31. The van der Waals surface area contributed by atoms with E-state index in [-0.39, 0.29) is 11.4 Å². The Morgan fingerprint density at radius 1 is 1.29 bits per heavy atom. The van der Waals surface area contributed by atoms with Crippen molar-refractivity contribution in [3.05, 3.63) is 65.5 Å². The van der Waals surface area contributed by atoms with Crippen LogP contribution in [0, 0.1) is 0 Å². The predicted octanol–water partition coefficient (Wildman–Crippen LogP) is 2.98. The number of nitrogens with zero attached hydrogens (tertiary/aromatic N) is 2. The molecule has 1 aliphatic rings. The van der Waals surface area contributed by atoms with E-state index in [0.29, 0.717) is 6.42 Å². The highest BCUT2D eigenvalue weighted by atomic mass is 35.5. The van der Waals surface area contributed by atoms with Crippen LogP contribution in [0.5, 0.6) is 0 Å². The number of nitrogens with one attached hydrogen (secondary N) is 1. The highest BCUT2D eigenvalue weighted by Crippen LogP contribution is 2.39. The fraction of sp³-hybridized carbons (Fsp3) is 0.133. The quantitative estimate of drug-likeness (QED) is 0.854. The van der Waals surface area contributed by atoms with Crippen LogP contribution in [0.1, 0.15) is 28.2 Å². The van der Waals surface area contributed by atoms with Gasteiger partial charge in [0.1, 0.15) is 10.6 Å². The molecule has 0 saturated carbocycles. The van der Waals surface area contributed by atoms with Crippen LogP contribution in [0.25, 0.3) is 5.57 Å². The summed E-state index contributed by atoms with van der Waals surface area (Å²) in [6.07, 6.45) is 6.07. The molecule has 5 nitrogen and oxygen atoms in total. The van der Waals surface area contributed by atoms with E-state index in [0.717, 1.165) is 11.1 Å². The van der Waals surface area contributed by atoms with E-state index >= 15 is 0 Å². The number of carbonyl (C=O) groups is 1. The molecular formula is C15H12ClN3O2. The minimum atomic E-state index is -1.15. The van der Waals surface area contributed by atoms with Gasteiger partial charge in [-0.05, 0) is 17.6 Å². The largest absolute Gasteiger partial charge is 0.476 e. The SMILES string of the molecule is O=C(O)c1n[nH]nc1C1(Cl)C=CC(c2ccccc2)=CC1. The van der Waals surface area contributed by atoms with Gasteiger partial charge in [0.25, 0.3) is 0 Å².